The Labute approximate surface area is 126 Å². The summed E-state index contributed by atoms with van der Waals surface area (Å²) < 4.78 is 2.10. The van der Waals surface area contributed by atoms with Crippen LogP contribution in [0.3, 0.4) is 0 Å². The number of hydrogen-bond acceptors (Lipinski definition) is 2. The Kier molecular flexibility index (Phi) is 6.17. The lowest BCUT2D eigenvalue weighted by atomic mass is 10.2. The molecule has 0 saturated heterocycles. The van der Waals surface area contributed by atoms with E-state index in [9.17, 15) is 9.59 Å². The summed E-state index contributed by atoms with van der Waals surface area (Å²) in [6.07, 6.45) is 0.619. The van der Waals surface area contributed by atoms with Gasteiger partial charge in [0, 0.05) is 25.7 Å². The van der Waals surface area contributed by atoms with Crippen LogP contribution in [0.2, 0.25) is 0 Å². The predicted octanol–water partition coefficient (Wildman–Crippen LogP) is 3.09. The molecule has 17 heavy (non-hydrogen) atoms. The number of anilines is 1. The largest absolute Gasteiger partial charge is 0.481 e. The third-order valence-corrected chi connectivity index (χ3v) is 3.19. The van der Waals surface area contributed by atoms with E-state index < -0.39 is 5.97 Å². The normalized spacial score (nSPS) is 10.0. The molecular weight excluding hydrogens is 448 g/mol. The highest BCUT2D eigenvalue weighted by atomic mass is 127. The van der Waals surface area contributed by atoms with Crippen molar-refractivity contribution in [3.05, 3.63) is 25.3 Å². The fourth-order valence-electron chi connectivity index (χ4n) is 1.25. The van der Waals surface area contributed by atoms with Gasteiger partial charge in [0.2, 0.25) is 5.91 Å². The summed E-state index contributed by atoms with van der Waals surface area (Å²) >= 11 is 4.36. The van der Waals surface area contributed by atoms with Crippen LogP contribution >= 0.6 is 45.2 Å². The topological polar surface area (TPSA) is 66.4 Å². The molecule has 1 aromatic rings. The molecule has 6 heteroatoms. The van der Waals surface area contributed by atoms with Crippen LogP contribution in [0.25, 0.3) is 0 Å². The van der Waals surface area contributed by atoms with Crippen LogP contribution in [0, 0.1) is 7.14 Å². The Morgan fingerprint density at radius 1 is 1.12 bits per heavy atom. The van der Waals surface area contributed by atoms with Crippen molar-refractivity contribution >= 4 is 62.7 Å². The van der Waals surface area contributed by atoms with Crippen LogP contribution in [0.15, 0.2) is 18.2 Å². The average Bonchev–Trinajstić information content (AvgIpc) is 2.14. The quantitative estimate of drug-likeness (QED) is 0.666. The molecule has 0 aliphatic heterocycles. The Hall–Kier alpha value is -0.380. The number of hydrogen-bond donors (Lipinski definition) is 2. The van der Waals surface area contributed by atoms with E-state index in [0.717, 1.165) is 12.8 Å². The van der Waals surface area contributed by atoms with Gasteiger partial charge in [-0.25, -0.2) is 0 Å². The van der Waals surface area contributed by atoms with Gasteiger partial charge in [-0.2, -0.15) is 0 Å². The molecule has 0 aromatic heterocycles. The summed E-state index contributed by atoms with van der Waals surface area (Å²) in [7, 11) is 0. The van der Waals surface area contributed by atoms with E-state index in [1.807, 2.05) is 18.2 Å². The van der Waals surface area contributed by atoms with Gasteiger partial charge >= 0.3 is 5.97 Å². The predicted molar refractivity (Wildman–Crippen MR) is 82.0 cm³/mol. The summed E-state index contributed by atoms with van der Waals surface area (Å²) in [5.41, 5.74) is 0.752. The smallest absolute Gasteiger partial charge is 0.303 e. The summed E-state index contributed by atoms with van der Waals surface area (Å²) in [6, 6.07) is 5.75. The van der Waals surface area contributed by atoms with Crippen molar-refractivity contribution in [3.63, 3.8) is 0 Å². The molecule has 1 aromatic carbocycles. The number of halogens is 2. The van der Waals surface area contributed by atoms with Crippen molar-refractivity contribution in [3.8, 4) is 0 Å². The molecule has 0 heterocycles. The SMILES string of the molecule is O=C(O)CCCC(=O)Nc1cc(I)cc(I)c1. The maximum atomic E-state index is 11.5. The molecule has 0 bridgehead atoms. The Balaban J connectivity index is 2.47. The molecule has 2 N–H and O–H groups in total. The summed E-state index contributed by atoms with van der Waals surface area (Å²) in [4.78, 5) is 21.8. The molecule has 92 valence electrons. The van der Waals surface area contributed by atoms with Gasteiger partial charge in [-0.3, -0.25) is 9.59 Å². The van der Waals surface area contributed by atoms with Crippen molar-refractivity contribution in [1.82, 2.24) is 0 Å². The van der Waals surface area contributed by atoms with Gasteiger partial charge in [0.1, 0.15) is 0 Å². The summed E-state index contributed by atoms with van der Waals surface area (Å²) in [6.45, 7) is 0. The summed E-state index contributed by atoms with van der Waals surface area (Å²) in [5, 5.41) is 11.2. The van der Waals surface area contributed by atoms with E-state index >= 15 is 0 Å². The third kappa shape index (κ3) is 6.20. The zero-order valence-electron chi connectivity index (χ0n) is 8.87. The molecule has 0 spiro atoms. The minimum absolute atomic E-state index is 0.0251. The van der Waals surface area contributed by atoms with Gasteiger partial charge in [-0.1, -0.05) is 0 Å². The lowest BCUT2D eigenvalue weighted by molar-refractivity contribution is -0.137. The van der Waals surface area contributed by atoms with Crippen LogP contribution in [0.5, 0.6) is 0 Å². The first kappa shape index (κ1) is 14.7. The van der Waals surface area contributed by atoms with E-state index in [4.69, 9.17) is 5.11 Å². The van der Waals surface area contributed by atoms with Gasteiger partial charge in [-0.05, 0) is 69.8 Å². The number of amides is 1. The molecular formula is C11H11I2NO3. The molecule has 0 radical (unpaired) electrons. The Bertz CT molecular complexity index is 414. The van der Waals surface area contributed by atoms with E-state index in [0.29, 0.717) is 6.42 Å². The first-order valence-corrected chi connectivity index (χ1v) is 7.11. The average molecular weight is 459 g/mol. The molecule has 0 unspecified atom stereocenters. The van der Waals surface area contributed by atoms with Crippen LogP contribution in [0.1, 0.15) is 19.3 Å². The lowest BCUT2D eigenvalue weighted by Gasteiger charge is -2.06. The van der Waals surface area contributed by atoms with E-state index in [1.165, 1.54) is 0 Å². The van der Waals surface area contributed by atoms with Crippen molar-refractivity contribution in [2.45, 2.75) is 19.3 Å². The van der Waals surface area contributed by atoms with Gasteiger partial charge in [0.05, 0.1) is 0 Å². The molecule has 1 amide bonds. The van der Waals surface area contributed by atoms with Crippen LogP contribution < -0.4 is 5.32 Å². The highest BCUT2D eigenvalue weighted by Crippen LogP contribution is 2.18. The maximum Gasteiger partial charge on any atom is 0.303 e. The molecule has 0 atom stereocenters. The molecule has 0 aliphatic carbocycles. The second-order valence-corrected chi connectivity index (χ2v) is 5.94. The monoisotopic (exact) mass is 459 g/mol. The number of carbonyl (C=O) groups excluding carboxylic acids is 1. The summed E-state index contributed by atoms with van der Waals surface area (Å²) in [5.74, 6) is -1.02. The molecule has 4 nitrogen and oxygen atoms in total. The van der Waals surface area contributed by atoms with E-state index in [1.54, 1.807) is 0 Å². The number of carboxylic acid groups (broad SMARTS) is 1. The zero-order valence-corrected chi connectivity index (χ0v) is 13.2. The molecule has 0 saturated carbocycles. The van der Waals surface area contributed by atoms with Crippen LogP contribution in [-0.2, 0) is 9.59 Å². The molecule has 0 fully saturated rings. The highest BCUT2D eigenvalue weighted by Gasteiger charge is 2.05. The van der Waals surface area contributed by atoms with Crippen LogP contribution in [0.4, 0.5) is 5.69 Å². The number of carboxylic acids is 1. The van der Waals surface area contributed by atoms with Crippen molar-refractivity contribution in [1.29, 1.82) is 0 Å². The molecule has 1 rings (SSSR count). The maximum absolute atomic E-state index is 11.5. The second kappa shape index (κ2) is 7.14. The minimum atomic E-state index is -0.874. The van der Waals surface area contributed by atoms with Crippen molar-refractivity contribution < 1.29 is 14.7 Å². The zero-order chi connectivity index (χ0) is 12.8. The first-order valence-electron chi connectivity index (χ1n) is 4.95. The van der Waals surface area contributed by atoms with Gasteiger partial charge in [0.25, 0.3) is 0 Å². The number of carbonyl (C=O) groups is 2. The van der Waals surface area contributed by atoms with Gasteiger partial charge < -0.3 is 10.4 Å². The molecule has 0 aliphatic rings. The first-order chi connectivity index (χ1) is 7.97. The van der Waals surface area contributed by atoms with Crippen LogP contribution in [-0.4, -0.2) is 17.0 Å². The Morgan fingerprint density at radius 3 is 2.24 bits per heavy atom. The van der Waals surface area contributed by atoms with Crippen molar-refractivity contribution in [2.24, 2.45) is 0 Å². The highest BCUT2D eigenvalue weighted by molar-refractivity contribution is 14.1. The number of rotatable bonds is 5. The minimum Gasteiger partial charge on any atom is -0.481 e. The number of aliphatic carboxylic acids is 1. The fourth-order valence-corrected chi connectivity index (χ4v) is 3.19. The van der Waals surface area contributed by atoms with Gasteiger partial charge in [0.15, 0.2) is 0 Å². The van der Waals surface area contributed by atoms with Crippen molar-refractivity contribution in [2.75, 3.05) is 5.32 Å². The van der Waals surface area contributed by atoms with Gasteiger partial charge in [-0.15, -0.1) is 0 Å². The Morgan fingerprint density at radius 2 is 1.71 bits per heavy atom. The number of nitrogens with one attached hydrogen (secondary N) is 1. The van der Waals surface area contributed by atoms with E-state index in [-0.39, 0.29) is 18.7 Å². The number of benzene rings is 1. The van der Waals surface area contributed by atoms with E-state index in [2.05, 4.69) is 50.5 Å². The fraction of sp³-hybridized carbons (Fsp3) is 0.273. The standard InChI is InChI=1S/C11H11I2NO3/c12-7-4-8(13)6-9(5-7)14-10(15)2-1-3-11(16)17/h4-6H,1-3H2,(H,14,15)(H,16,17). The second-order valence-electron chi connectivity index (χ2n) is 3.45. The third-order valence-electron chi connectivity index (χ3n) is 1.94. The lowest BCUT2D eigenvalue weighted by Crippen LogP contribution is -2.12.